The van der Waals surface area contributed by atoms with Crippen LogP contribution < -0.4 is 5.32 Å². The Morgan fingerprint density at radius 3 is 1.30 bits per heavy atom. The van der Waals surface area contributed by atoms with Gasteiger partial charge in [0.2, 0.25) is 5.91 Å². The number of rotatable bonds is 57. The number of carbonyl (C=O) groups excluding carboxylic acids is 2. The number of phosphoric ester groups is 1. The molecule has 3 atom stereocenters. The first kappa shape index (κ1) is 72.0. The molecule has 434 valence electrons. The van der Waals surface area contributed by atoms with Crippen molar-refractivity contribution >= 4 is 19.7 Å². The van der Waals surface area contributed by atoms with Crippen LogP contribution in [0.15, 0.2) is 48.6 Å². The van der Waals surface area contributed by atoms with E-state index in [-0.39, 0.29) is 25.1 Å². The van der Waals surface area contributed by atoms with E-state index >= 15 is 0 Å². The summed E-state index contributed by atoms with van der Waals surface area (Å²) in [6.45, 7) is 6.93. The minimum atomic E-state index is -4.45. The molecule has 0 aromatic heterocycles. The summed E-state index contributed by atoms with van der Waals surface area (Å²) in [4.78, 5) is 37.7. The van der Waals surface area contributed by atoms with Crippen LogP contribution in [0.2, 0.25) is 0 Å². The predicted octanol–water partition coefficient (Wildman–Crippen LogP) is 19.3. The average molecular weight is 1060 g/mol. The van der Waals surface area contributed by atoms with Crippen LogP contribution in [0.4, 0.5) is 0 Å². The first-order valence-electron chi connectivity index (χ1n) is 31.5. The van der Waals surface area contributed by atoms with Gasteiger partial charge in [-0.2, -0.15) is 0 Å². The highest BCUT2D eigenvalue weighted by molar-refractivity contribution is 7.47. The smallest absolute Gasteiger partial charge is 0.456 e. The predicted molar refractivity (Wildman–Crippen MR) is 319 cm³/mol. The third kappa shape index (κ3) is 54.7. The molecule has 0 bridgehead atoms. The summed E-state index contributed by atoms with van der Waals surface area (Å²) in [6, 6.07) is -0.853. The molecule has 9 nitrogen and oxygen atoms in total. The Labute approximate surface area is 458 Å². The summed E-state index contributed by atoms with van der Waals surface area (Å²) in [5.74, 6) is -0.508. The van der Waals surface area contributed by atoms with Crippen molar-refractivity contribution in [2.24, 2.45) is 0 Å². The molecule has 0 saturated carbocycles. The second kappa shape index (κ2) is 54.3. The summed E-state index contributed by atoms with van der Waals surface area (Å²) >= 11 is 0. The lowest BCUT2D eigenvalue weighted by atomic mass is 10.0. The van der Waals surface area contributed by atoms with E-state index in [0.717, 1.165) is 89.9 Å². The van der Waals surface area contributed by atoms with Crippen LogP contribution >= 0.6 is 7.82 Å². The Balaban J connectivity index is 5.26. The molecule has 0 spiro atoms. The largest absolute Gasteiger partial charge is 0.472 e. The van der Waals surface area contributed by atoms with Crippen molar-refractivity contribution < 1.29 is 37.3 Å². The monoisotopic (exact) mass is 1060 g/mol. The minimum Gasteiger partial charge on any atom is -0.456 e. The number of quaternary nitrogens is 1. The summed E-state index contributed by atoms with van der Waals surface area (Å²) in [5.41, 5.74) is 0. The van der Waals surface area contributed by atoms with Crippen molar-refractivity contribution in [3.8, 4) is 0 Å². The summed E-state index contributed by atoms with van der Waals surface area (Å²) in [7, 11) is 1.49. The third-order valence-corrected chi connectivity index (χ3v) is 15.0. The maximum Gasteiger partial charge on any atom is 0.472 e. The lowest BCUT2D eigenvalue weighted by Crippen LogP contribution is -2.47. The van der Waals surface area contributed by atoms with E-state index in [0.29, 0.717) is 23.9 Å². The van der Waals surface area contributed by atoms with Crippen LogP contribution in [-0.4, -0.2) is 74.3 Å². The van der Waals surface area contributed by atoms with Gasteiger partial charge in [0.15, 0.2) is 0 Å². The third-order valence-electron chi connectivity index (χ3n) is 14.0. The Bertz CT molecular complexity index is 1410. The molecule has 0 aromatic carbocycles. The first-order chi connectivity index (χ1) is 35.9. The van der Waals surface area contributed by atoms with Gasteiger partial charge in [0, 0.05) is 12.8 Å². The fraction of sp³-hybridized carbons (Fsp3) is 0.844. The van der Waals surface area contributed by atoms with E-state index < -0.39 is 20.0 Å². The number of hydrogen-bond donors (Lipinski definition) is 2. The zero-order chi connectivity index (χ0) is 54.3. The highest BCUT2D eigenvalue weighted by Gasteiger charge is 2.30. The number of allylic oxidation sites excluding steroid dienone is 7. The van der Waals surface area contributed by atoms with E-state index in [9.17, 15) is 19.0 Å². The van der Waals surface area contributed by atoms with Crippen molar-refractivity contribution in [2.75, 3.05) is 40.9 Å². The maximum atomic E-state index is 13.5. The van der Waals surface area contributed by atoms with Crippen LogP contribution in [0, 0.1) is 0 Å². The van der Waals surface area contributed by atoms with Gasteiger partial charge in [0.1, 0.15) is 19.3 Å². The summed E-state index contributed by atoms with van der Waals surface area (Å²) in [6.07, 6.45) is 66.8. The molecule has 0 aromatic rings. The highest BCUT2D eigenvalue weighted by Crippen LogP contribution is 2.43. The normalized spacial score (nSPS) is 14.0. The van der Waals surface area contributed by atoms with Crippen LogP contribution in [-0.2, 0) is 27.9 Å². The Kier molecular flexibility index (Phi) is 52.8. The number of ether oxygens (including phenoxy) is 1. The highest BCUT2D eigenvalue weighted by atomic mass is 31.2. The van der Waals surface area contributed by atoms with Crippen molar-refractivity contribution in [1.29, 1.82) is 0 Å². The molecule has 0 aliphatic rings. The minimum absolute atomic E-state index is 0.0384. The van der Waals surface area contributed by atoms with E-state index in [1.807, 2.05) is 33.3 Å². The fourth-order valence-electron chi connectivity index (χ4n) is 9.19. The topological polar surface area (TPSA) is 111 Å². The van der Waals surface area contributed by atoms with Gasteiger partial charge in [-0.1, -0.05) is 269 Å². The van der Waals surface area contributed by atoms with Crippen LogP contribution in [0.3, 0.4) is 0 Å². The quantitative estimate of drug-likeness (QED) is 0.0205. The van der Waals surface area contributed by atoms with Gasteiger partial charge in [0.05, 0.1) is 33.8 Å². The number of amides is 1. The van der Waals surface area contributed by atoms with E-state index in [2.05, 4.69) is 62.5 Å². The molecule has 0 rings (SSSR count). The second-order valence-corrected chi connectivity index (χ2v) is 24.0. The van der Waals surface area contributed by atoms with E-state index in [4.69, 9.17) is 13.8 Å². The molecule has 0 heterocycles. The van der Waals surface area contributed by atoms with E-state index in [1.165, 1.54) is 173 Å². The second-order valence-electron chi connectivity index (χ2n) is 22.6. The van der Waals surface area contributed by atoms with Gasteiger partial charge in [0.25, 0.3) is 0 Å². The number of hydrogen-bond acceptors (Lipinski definition) is 6. The van der Waals surface area contributed by atoms with Crippen molar-refractivity contribution in [3.05, 3.63) is 48.6 Å². The van der Waals surface area contributed by atoms with Crippen molar-refractivity contribution in [1.82, 2.24) is 5.32 Å². The molecular formula is C64H122N2O7P+. The number of phosphoric acid groups is 1. The molecule has 2 N–H and O–H groups in total. The number of esters is 1. The lowest BCUT2D eigenvalue weighted by Gasteiger charge is -2.27. The van der Waals surface area contributed by atoms with Crippen LogP contribution in [0.5, 0.6) is 0 Å². The molecule has 10 heteroatoms. The van der Waals surface area contributed by atoms with Gasteiger partial charge in [-0.3, -0.25) is 18.6 Å². The number of carbonyl (C=O) groups is 2. The van der Waals surface area contributed by atoms with Gasteiger partial charge >= 0.3 is 13.8 Å². The zero-order valence-corrected chi connectivity index (χ0v) is 50.5. The molecule has 1 amide bonds. The maximum absolute atomic E-state index is 13.5. The molecule has 3 unspecified atom stereocenters. The summed E-state index contributed by atoms with van der Waals surface area (Å²) < 4.78 is 30.7. The van der Waals surface area contributed by atoms with Crippen molar-refractivity contribution in [3.63, 3.8) is 0 Å². The fourth-order valence-corrected chi connectivity index (χ4v) is 9.93. The zero-order valence-electron chi connectivity index (χ0n) is 49.6. The van der Waals surface area contributed by atoms with E-state index in [1.54, 1.807) is 0 Å². The molecule has 0 fully saturated rings. The van der Waals surface area contributed by atoms with Crippen LogP contribution in [0.25, 0.3) is 0 Å². The number of likely N-dealkylation sites (N-methyl/N-ethyl adjacent to an activating group) is 1. The number of nitrogens with one attached hydrogen (secondary N) is 1. The average Bonchev–Trinajstić information content (AvgIpc) is 3.36. The standard InChI is InChI=1S/C64H121N2O7P/c1-7-10-13-16-19-22-25-28-30-32-33-34-36-39-42-45-48-51-54-57-64(68)73-62(55-52-49-46-43-40-37-27-24-21-18-15-12-9-3)61(60-72-74(69,70)71-59-58-66(4,5)6)65-63(67)56-53-50-47-44-41-38-35-31-29-26-23-20-17-14-11-8-2/h11,14,20,23,29,31,52,55,61-62H,7-10,12-13,15-19,21-22,24-28,30,32-51,53-54,56-60H2,1-6H3,(H-,65,67,69,70)/p+1/b14-11+,23-20+,31-29+,55-52+. The Hall–Kier alpha value is -2.03. The molecule has 74 heavy (non-hydrogen) atoms. The lowest BCUT2D eigenvalue weighted by molar-refractivity contribution is -0.870. The molecular weight excluding hydrogens is 940 g/mol. The molecule has 0 aliphatic carbocycles. The Morgan fingerprint density at radius 1 is 0.486 bits per heavy atom. The van der Waals surface area contributed by atoms with Gasteiger partial charge in [-0.15, -0.1) is 0 Å². The van der Waals surface area contributed by atoms with Crippen LogP contribution in [0.1, 0.15) is 297 Å². The molecule has 0 saturated heterocycles. The molecule has 0 aliphatic heterocycles. The first-order valence-corrected chi connectivity index (χ1v) is 33.0. The van der Waals surface area contributed by atoms with Gasteiger partial charge < -0.3 is 19.4 Å². The number of nitrogens with zero attached hydrogens (tertiary/aromatic N) is 1. The summed E-state index contributed by atoms with van der Waals surface area (Å²) in [5, 5.41) is 3.05. The van der Waals surface area contributed by atoms with Gasteiger partial charge in [-0.05, 0) is 63.9 Å². The Morgan fingerprint density at radius 2 is 0.865 bits per heavy atom. The SMILES string of the molecule is CC/C=C/C/C=C/C/C=C/CCCCCCCCC(=O)NC(COP(=O)(O)OCC[N+](C)(C)C)C(/C=C/CCCCCCCCCCCCC)OC(=O)CCCCCCCCCCCCCCCCCCCCC. The molecule has 0 radical (unpaired) electrons. The van der Waals surface area contributed by atoms with Crippen molar-refractivity contribution in [2.45, 2.75) is 309 Å². The number of unbranched alkanes of at least 4 members (excludes halogenated alkanes) is 35. The van der Waals surface area contributed by atoms with Gasteiger partial charge in [-0.25, -0.2) is 4.57 Å².